The standard InChI is InChI=1S/C75H118O6/c1-4-7-10-13-16-19-22-25-28-31-34-36-37-39-41-44-47-50-53-56-59-62-65-68-74(77)80-71-72(70-79-73(76)67-64-61-58-55-52-49-46-43-40-33-30-27-24-21-18-15-12-9-6-3)81-75(78)69-66-63-60-57-54-51-48-45-42-38-35-32-29-26-23-20-17-14-11-8-5-2/h7-8,10-11,16-21,25-30,34-36,38-39,41,45,47-48,50,56,59,72H,4-6,9,12-15,22-24,31-33,37,40,42-44,46,49,51-55,57-58,60-71H2,1-3H3/b10-7-,11-8-,19-16-,20-17-,21-18-,28-25-,29-26-,30-27-,36-34-,38-35-,41-39-,48-45-,50-47-,59-56-. The number of ether oxygens (including phenoxy) is 3. The summed E-state index contributed by atoms with van der Waals surface area (Å²) in [7, 11) is 0. The number of esters is 3. The van der Waals surface area contributed by atoms with Crippen LogP contribution in [0.5, 0.6) is 0 Å². The molecule has 0 aliphatic carbocycles. The van der Waals surface area contributed by atoms with Crippen molar-refractivity contribution in [1.82, 2.24) is 0 Å². The fourth-order valence-corrected chi connectivity index (χ4v) is 8.37. The Morgan fingerprint density at radius 1 is 0.259 bits per heavy atom. The van der Waals surface area contributed by atoms with E-state index in [1.807, 2.05) is 0 Å². The van der Waals surface area contributed by atoms with Gasteiger partial charge in [0, 0.05) is 19.3 Å². The first-order valence-electron chi connectivity index (χ1n) is 32.6. The molecule has 0 N–H and O–H groups in total. The monoisotopic (exact) mass is 1110 g/mol. The van der Waals surface area contributed by atoms with E-state index < -0.39 is 6.10 Å². The second-order valence-corrected chi connectivity index (χ2v) is 20.9. The highest BCUT2D eigenvalue weighted by molar-refractivity contribution is 5.71. The molecule has 0 saturated heterocycles. The molecule has 6 heteroatoms. The molecule has 0 saturated carbocycles. The van der Waals surface area contributed by atoms with Crippen molar-refractivity contribution < 1.29 is 28.6 Å². The van der Waals surface area contributed by atoms with E-state index in [1.165, 1.54) is 70.6 Å². The molecule has 0 bridgehead atoms. The number of carbonyl (C=O) groups excluding carboxylic acids is 3. The van der Waals surface area contributed by atoms with Gasteiger partial charge in [0.1, 0.15) is 13.2 Å². The predicted octanol–water partition coefficient (Wildman–Crippen LogP) is 22.7. The molecule has 0 radical (unpaired) electrons. The van der Waals surface area contributed by atoms with Gasteiger partial charge in [-0.15, -0.1) is 0 Å². The lowest BCUT2D eigenvalue weighted by atomic mass is 10.1. The molecule has 0 aliphatic rings. The fourth-order valence-electron chi connectivity index (χ4n) is 8.37. The highest BCUT2D eigenvalue weighted by atomic mass is 16.6. The van der Waals surface area contributed by atoms with Crippen molar-refractivity contribution in [3.8, 4) is 0 Å². The Kier molecular flexibility index (Phi) is 62.9. The van der Waals surface area contributed by atoms with Crippen molar-refractivity contribution >= 4 is 17.9 Å². The zero-order valence-electron chi connectivity index (χ0n) is 52.0. The lowest BCUT2D eigenvalue weighted by Crippen LogP contribution is -2.30. The molecule has 0 aromatic heterocycles. The van der Waals surface area contributed by atoms with E-state index in [9.17, 15) is 14.4 Å². The van der Waals surface area contributed by atoms with Gasteiger partial charge in [0.05, 0.1) is 0 Å². The molecule has 81 heavy (non-hydrogen) atoms. The summed E-state index contributed by atoms with van der Waals surface area (Å²) < 4.78 is 16.9. The van der Waals surface area contributed by atoms with Crippen LogP contribution >= 0.6 is 0 Å². The van der Waals surface area contributed by atoms with Gasteiger partial charge in [0.2, 0.25) is 0 Å². The van der Waals surface area contributed by atoms with Crippen molar-refractivity contribution in [1.29, 1.82) is 0 Å². The fraction of sp³-hybridized carbons (Fsp3) is 0.587. The largest absolute Gasteiger partial charge is 0.462 e. The van der Waals surface area contributed by atoms with Crippen molar-refractivity contribution in [3.05, 3.63) is 170 Å². The van der Waals surface area contributed by atoms with Crippen LogP contribution in [0.15, 0.2) is 170 Å². The number of unbranched alkanes of at least 4 members (excludes halogenated alkanes) is 18. The molecule has 0 spiro atoms. The SMILES string of the molecule is CC/C=C\C/C=C\C/C=C\C/C=C\C/C=C\C/C=C\C/C=C\CCCC(=O)OCC(COC(=O)CCCCCCCCCCC/C=C\C/C=C\CCCCC)OC(=O)CCCCCCC/C=C\C/C=C\C/C=C\C/C=C\C/C=C\CC. The molecular weight excluding hydrogens is 997 g/mol. The van der Waals surface area contributed by atoms with Crippen LogP contribution in [-0.2, 0) is 28.6 Å². The van der Waals surface area contributed by atoms with E-state index in [0.29, 0.717) is 12.8 Å². The van der Waals surface area contributed by atoms with E-state index >= 15 is 0 Å². The van der Waals surface area contributed by atoms with E-state index in [4.69, 9.17) is 14.2 Å². The quantitative estimate of drug-likeness (QED) is 0.0261. The van der Waals surface area contributed by atoms with Crippen molar-refractivity contribution in [2.24, 2.45) is 0 Å². The average molecular weight is 1120 g/mol. The Labute approximate surface area is 498 Å². The summed E-state index contributed by atoms with van der Waals surface area (Å²) in [5, 5.41) is 0. The Hall–Kier alpha value is -5.23. The number of hydrogen-bond donors (Lipinski definition) is 0. The number of carbonyl (C=O) groups is 3. The molecule has 1 atom stereocenters. The Balaban J connectivity index is 4.57. The predicted molar refractivity (Wildman–Crippen MR) is 352 cm³/mol. The maximum absolute atomic E-state index is 12.9. The van der Waals surface area contributed by atoms with Crippen molar-refractivity contribution in [3.63, 3.8) is 0 Å². The van der Waals surface area contributed by atoms with E-state index in [1.54, 1.807) is 0 Å². The minimum Gasteiger partial charge on any atom is -0.462 e. The molecule has 0 amide bonds. The Morgan fingerprint density at radius 2 is 0.494 bits per heavy atom. The van der Waals surface area contributed by atoms with Crippen LogP contribution in [0.3, 0.4) is 0 Å². The zero-order valence-corrected chi connectivity index (χ0v) is 52.0. The van der Waals surface area contributed by atoms with Crippen LogP contribution in [0.25, 0.3) is 0 Å². The van der Waals surface area contributed by atoms with E-state index in [-0.39, 0.29) is 44.0 Å². The van der Waals surface area contributed by atoms with Gasteiger partial charge in [-0.2, -0.15) is 0 Å². The smallest absolute Gasteiger partial charge is 0.306 e. The summed E-state index contributed by atoms with van der Waals surface area (Å²) in [6.45, 7) is 6.32. The summed E-state index contributed by atoms with van der Waals surface area (Å²) in [5.74, 6) is -1.00. The number of rotatable bonds is 57. The normalized spacial score (nSPS) is 13.3. The molecule has 0 aromatic carbocycles. The third kappa shape index (κ3) is 65.5. The summed E-state index contributed by atoms with van der Waals surface area (Å²) in [5.41, 5.74) is 0. The van der Waals surface area contributed by atoms with Gasteiger partial charge in [-0.3, -0.25) is 14.4 Å². The highest BCUT2D eigenvalue weighted by Crippen LogP contribution is 2.14. The molecular formula is C75H118O6. The maximum atomic E-state index is 12.9. The van der Waals surface area contributed by atoms with Gasteiger partial charge in [0.15, 0.2) is 6.10 Å². The molecule has 0 aliphatic heterocycles. The molecule has 454 valence electrons. The minimum absolute atomic E-state index is 0.114. The molecule has 0 aromatic rings. The zero-order chi connectivity index (χ0) is 58.5. The number of hydrogen-bond acceptors (Lipinski definition) is 6. The average Bonchev–Trinajstić information content (AvgIpc) is 3.47. The summed E-state index contributed by atoms with van der Waals surface area (Å²) >= 11 is 0. The molecule has 6 nitrogen and oxygen atoms in total. The van der Waals surface area contributed by atoms with Crippen LogP contribution < -0.4 is 0 Å². The molecule has 1 unspecified atom stereocenters. The third-order valence-corrected chi connectivity index (χ3v) is 13.2. The highest BCUT2D eigenvalue weighted by Gasteiger charge is 2.19. The lowest BCUT2D eigenvalue weighted by Gasteiger charge is -2.18. The summed E-state index contributed by atoms with van der Waals surface area (Å²) in [6, 6.07) is 0. The van der Waals surface area contributed by atoms with Gasteiger partial charge in [0.25, 0.3) is 0 Å². The molecule has 0 fully saturated rings. The van der Waals surface area contributed by atoms with Crippen LogP contribution in [0, 0.1) is 0 Å². The number of allylic oxidation sites excluding steroid dienone is 28. The van der Waals surface area contributed by atoms with Crippen LogP contribution in [0.2, 0.25) is 0 Å². The topological polar surface area (TPSA) is 78.9 Å². The van der Waals surface area contributed by atoms with Gasteiger partial charge in [-0.1, -0.05) is 268 Å². The lowest BCUT2D eigenvalue weighted by molar-refractivity contribution is -0.167. The summed E-state index contributed by atoms with van der Waals surface area (Å²) in [4.78, 5) is 38.4. The first-order valence-corrected chi connectivity index (χ1v) is 32.6. The minimum atomic E-state index is -0.826. The van der Waals surface area contributed by atoms with Crippen molar-refractivity contribution in [2.75, 3.05) is 13.2 Å². The van der Waals surface area contributed by atoms with Crippen LogP contribution in [-0.4, -0.2) is 37.2 Å². The Morgan fingerprint density at radius 3 is 0.802 bits per heavy atom. The van der Waals surface area contributed by atoms with Crippen LogP contribution in [0.4, 0.5) is 0 Å². The van der Waals surface area contributed by atoms with Gasteiger partial charge in [-0.05, 0) is 148 Å². The Bertz CT molecular complexity index is 1860. The third-order valence-electron chi connectivity index (χ3n) is 13.2. The van der Waals surface area contributed by atoms with E-state index in [2.05, 4.69) is 191 Å². The second-order valence-electron chi connectivity index (χ2n) is 20.9. The maximum Gasteiger partial charge on any atom is 0.306 e. The summed E-state index contributed by atoms with van der Waals surface area (Å²) in [6.07, 6.45) is 99.2. The van der Waals surface area contributed by atoms with Gasteiger partial charge in [-0.25, -0.2) is 0 Å². The van der Waals surface area contributed by atoms with Crippen LogP contribution in [0.1, 0.15) is 265 Å². The second kappa shape index (κ2) is 67.3. The first kappa shape index (κ1) is 75.8. The van der Waals surface area contributed by atoms with Gasteiger partial charge >= 0.3 is 17.9 Å². The van der Waals surface area contributed by atoms with Crippen molar-refractivity contribution in [2.45, 2.75) is 271 Å². The molecule has 0 rings (SSSR count). The van der Waals surface area contributed by atoms with Gasteiger partial charge < -0.3 is 14.2 Å². The molecule has 0 heterocycles. The first-order chi connectivity index (χ1) is 40.0. The van der Waals surface area contributed by atoms with E-state index in [0.717, 1.165) is 148 Å².